The van der Waals surface area contributed by atoms with Crippen LogP contribution in [0.2, 0.25) is 0 Å². The van der Waals surface area contributed by atoms with E-state index in [1.165, 1.54) is 4.88 Å². The van der Waals surface area contributed by atoms with Crippen molar-refractivity contribution >= 4 is 52.1 Å². The molecular formula is C17H30IN3OS2. The van der Waals surface area contributed by atoms with E-state index in [4.69, 9.17) is 0 Å². The molecule has 138 valence electrons. The van der Waals surface area contributed by atoms with Gasteiger partial charge in [0.25, 0.3) is 0 Å². The molecular weight excluding hydrogens is 453 g/mol. The molecule has 1 fully saturated rings. The smallest absolute Gasteiger partial charge is 0.191 e. The Morgan fingerprint density at radius 3 is 2.92 bits per heavy atom. The molecule has 1 saturated carbocycles. The lowest BCUT2D eigenvalue weighted by atomic mass is 9.95. The van der Waals surface area contributed by atoms with Gasteiger partial charge in [0.15, 0.2) is 5.96 Å². The van der Waals surface area contributed by atoms with E-state index < -0.39 is 10.8 Å². The minimum absolute atomic E-state index is 0. The van der Waals surface area contributed by atoms with Crippen molar-refractivity contribution in [3.63, 3.8) is 0 Å². The summed E-state index contributed by atoms with van der Waals surface area (Å²) in [5.41, 5.74) is 0. The van der Waals surface area contributed by atoms with Gasteiger partial charge in [0.2, 0.25) is 0 Å². The zero-order valence-electron chi connectivity index (χ0n) is 14.8. The molecule has 0 spiro atoms. The van der Waals surface area contributed by atoms with Crippen molar-refractivity contribution in [3.8, 4) is 0 Å². The van der Waals surface area contributed by atoms with Gasteiger partial charge in [-0.2, -0.15) is 0 Å². The van der Waals surface area contributed by atoms with Gasteiger partial charge in [-0.3, -0.25) is 9.20 Å². The number of rotatable bonds is 6. The van der Waals surface area contributed by atoms with E-state index in [-0.39, 0.29) is 24.0 Å². The Balaban J connectivity index is 0.00000288. The van der Waals surface area contributed by atoms with Crippen LogP contribution in [0.4, 0.5) is 0 Å². The molecule has 0 radical (unpaired) electrons. The molecule has 0 amide bonds. The Hall–Kier alpha value is -0.150. The van der Waals surface area contributed by atoms with Gasteiger partial charge >= 0.3 is 0 Å². The maximum absolute atomic E-state index is 12.1. The standard InChI is InChI=1S/C17H29N3OS2.HI/c1-4-23(21)15-8-5-7-14(11-15)20-17(18-3)19-12-13(2)16-9-6-10-22-16;/h6,9-10,13-15H,4-5,7-8,11-12H2,1-3H3,(H2,18,19,20);1H. The third-order valence-corrected chi connectivity index (χ3v) is 7.30. The van der Waals surface area contributed by atoms with Crippen molar-refractivity contribution in [2.45, 2.75) is 56.7 Å². The minimum atomic E-state index is -0.681. The molecule has 2 rings (SSSR count). The van der Waals surface area contributed by atoms with E-state index in [9.17, 15) is 4.21 Å². The number of thiophene rings is 1. The van der Waals surface area contributed by atoms with Gasteiger partial charge in [-0.1, -0.05) is 26.3 Å². The fraction of sp³-hybridized carbons (Fsp3) is 0.706. The highest BCUT2D eigenvalue weighted by molar-refractivity contribution is 14.0. The van der Waals surface area contributed by atoms with Crippen molar-refractivity contribution in [1.82, 2.24) is 10.6 Å². The van der Waals surface area contributed by atoms with Crippen molar-refractivity contribution in [2.24, 2.45) is 4.99 Å². The van der Waals surface area contributed by atoms with Crippen LogP contribution < -0.4 is 10.6 Å². The van der Waals surface area contributed by atoms with E-state index in [1.54, 1.807) is 11.3 Å². The summed E-state index contributed by atoms with van der Waals surface area (Å²) >= 11 is 1.80. The zero-order valence-corrected chi connectivity index (χ0v) is 18.8. The maximum atomic E-state index is 12.1. The number of halogens is 1. The average Bonchev–Trinajstić information content (AvgIpc) is 3.12. The molecule has 1 aliphatic carbocycles. The third kappa shape index (κ3) is 6.63. The highest BCUT2D eigenvalue weighted by Crippen LogP contribution is 2.23. The number of nitrogens with one attached hydrogen (secondary N) is 2. The molecule has 1 aromatic rings. The molecule has 4 unspecified atom stereocenters. The van der Waals surface area contributed by atoms with Gasteiger partial charge in [0.1, 0.15) is 0 Å². The molecule has 0 aliphatic heterocycles. The second-order valence-corrected chi connectivity index (χ2v) is 9.15. The van der Waals surface area contributed by atoms with E-state index >= 15 is 0 Å². The van der Waals surface area contributed by atoms with Crippen LogP contribution >= 0.6 is 35.3 Å². The first-order valence-corrected chi connectivity index (χ1v) is 10.8. The van der Waals surface area contributed by atoms with E-state index in [0.29, 0.717) is 17.2 Å². The normalized spacial score (nSPS) is 23.9. The monoisotopic (exact) mass is 483 g/mol. The summed E-state index contributed by atoms with van der Waals surface area (Å²) in [7, 11) is 1.13. The van der Waals surface area contributed by atoms with Crippen LogP contribution in [0.5, 0.6) is 0 Å². The maximum Gasteiger partial charge on any atom is 0.191 e. The van der Waals surface area contributed by atoms with Crippen LogP contribution in [-0.2, 0) is 10.8 Å². The molecule has 24 heavy (non-hydrogen) atoms. The van der Waals surface area contributed by atoms with Crippen LogP contribution in [0, 0.1) is 0 Å². The number of hydrogen-bond donors (Lipinski definition) is 2. The Bertz CT molecular complexity index is 522. The Morgan fingerprint density at radius 1 is 1.50 bits per heavy atom. The number of hydrogen-bond acceptors (Lipinski definition) is 3. The predicted molar refractivity (Wildman–Crippen MR) is 117 cm³/mol. The number of aliphatic imine (C=N–C) groups is 1. The summed E-state index contributed by atoms with van der Waals surface area (Å²) in [4.78, 5) is 5.74. The van der Waals surface area contributed by atoms with Gasteiger partial charge in [0, 0.05) is 52.2 Å². The quantitative estimate of drug-likeness (QED) is 0.369. The molecule has 0 aromatic carbocycles. The van der Waals surface area contributed by atoms with Crippen LogP contribution in [0.25, 0.3) is 0 Å². The Labute approximate surface area is 169 Å². The topological polar surface area (TPSA) is 53.5 Å². The highest BCUT2D eigenvalue weighted by Gasteiger charge is 2.26. The van der Waals surface area contributed by atoms with Crippen molar-refractivity contribution in [2.75, 3.05) is 19.3 Å². The number of guanidine groups is 1. The summed E-state index contributed by atoms with van der Waals surface area (Å²) in [5.74, 6) is 2.10. The number of nitrogens with zero attached hydrogens (tertiary/aromatic N) is 1. The van der Waals surface area contributed by atoms with Gasteiger partial charge < -0.3 is 10.6 Å². The van der Waals surface area contributed by atoms with Crippen molar-refractivity contribution in [3.05, 3.63) is 22.4 Å². The molecule has 1 aromatic heterocycles. The second kappa shape index (κ2) is 11.5. The molecule has 4 nitrogen and oxygen atoms in total. The lowest BCUT2D eigenvalue weighted by Gasteiger charge is -2.30. The largest absolute Gasteiger partial charge is 0.356 e. The van der Waals surface area contributed by atoms with Crippen LogP contribution in [0.3, 0.4) is 0 Å². The van der Waals surface area contributed by atoms with Crippen molar-refractivity contribution < 1.29 is 4.21 Å². The Morgan fingerprint density at radius 2 is 2.29 bits per heavy atom. The fourth-order valence-electron chi connectivity index (χ4n) is 3.06. The van der Waals surface area contributed by atoms with Gasteiger partial charge in [-0.05, 0) is 30.7 Å². The Kier molecular flexibility index (Phi) is 10.5. The molecule has 4 atom stereocenters. The predicted octanol–water partition coefficient (Wildman–Crippen LogP) is 3.71. The van der Waals surface area contributed by atoms with Gasteiger partial charge in [-0.15, -0.1) is 35.3 Å². The molecule has 1 aliphatic rings. The summed E-state index contributed by atoms with van der Waals surface area (Å²) in [6, 6.07) is 4.66. The van der Waals surface area contributed by atoms with E-state index in [0.717, 1.165) is 43.9 Å². The first-order valence-electron chi connectivity index (χ1n) is 8.51. The lowest BCUT2D eigenvalue weighted by molar-refractivity contribution is 0.413. The molecule has 0 bridgehead atoms. The van der Waals surface area contributed by atoms with Crippen molar-refractivity contribution in [1.29, 1.82) is 0 Å². The second-order valence-electron chi connectivity index (χ2n) is 6.17. The lowest BCUT2D eigenvalue weighted by Crippen LogP contribution is -2.47. The first kappa shape index (κ1) is 21.9. The summed E-state index contributed by atoms with van der Waals surface area (Å²) in [6.45, 7) is 5.12. The van der Waals surface area contributed by atoms with E-state index in [1.807, 2.05) is 14.0 Å². The molecule has 0 saturated heterocycles. The van der Waals surface area contributed by atoms with Gasteiger partial charge in [0.05, 0.1) is 0 Å². The van der Waals surface area contributed by atoms with Crippen LogP contribution in [0.15, 0.2) is 22.5 Å². The van der Waals surface area contributed by atoms with Gasteiger partial charge in [-0.25, -0.2) is 0 Å². The minimum Gasteiger partial charge on any atom is -0.356 e. The third-order valence-electron chi connectivity index (χ3n) is 4.45. The highest BCUT2D eigenvalue weighted by atomic mass is 127. The fourth-order valence-corrected chi connectivity index (χ4v) is 5.20. The zero-order chi connectivity index (χ0) is 16.7. The average molecular weight is 483 g/mol. The molecule has 2 N–H and O–H groups in total. The summed E-state index contributed by atoms with van der Waals surface area (Å²) in [6.07, 6.45) is 4.37. The summed E-state index contributed by atoms with van der Waals surface area (Å²) < 4.78 is 12.1. The molecule has 7 heteroatoms. The summed E-state index contributed by atoms with van der Waals surface area (Å²) in [5, 5.41) is 9.42. The first-order chi connectivity index (χ1) is 11.1. The van der Waals surface area contributed by atoms with Crippen LogP contribution in [0.1, 0.15) is 50.3 Å². The van der Waals surface area contributed by atoms with E-state index in [2.05, 4.69) is 40.1 Å². The SMILES string of the molecule is CCS(=O)C1CCCC(NC(=NC)NCC(C)c2cccs2)C1.I. The molecule has 1 heterocycles. The van der Waals surface area contributed by atoms with Crippen LogP contribution in [-0.4, -0.2) is 40.8 Å².